The van der Waals surface area contributed by atoms with E-state index in [0.717, 1.165) is 36.3 Å². The first-order chi connectivity index (χ1) is 10.9. The minimum Gasteiger partial charge on any atom is -0.481 e. The topological polar surface area (TPSA) is 79.3 Å². The number of aryl methyl sites for hydroxylation is 1. The van der Waals surface area contributed by atoms with Gasteiger partial charge in [-0.15, -0.1) is 11.3 Å². The molecule has 0 spiro atoms. The average molecular weight is 336 g/mol. The van der Waals surface area contributed by atoms with Crippen molar-refractivity contribution in [3.05, 3.63) is 10.6 Å². The van der Waals surface area contributed by atoms with Crippen molar-refractivity contribution in [2.24, 2.45) is 29.6 Å². The molecule has 2 bridgehead atoms. The van der Waals surface area contributed by atoms with Gasteiger partial charge in [-0.25, -0.2) is 4.98 Å². The number of fused-ring (bicyclic) bond motifs is 2. The third kappa shape index (κ3) is 3.13. The lowest BCUT2D eigenvalue weighted by Crippen LogP contribution is -2.37. The number of rotatable bonds is 5. The Morgan fingerprint density at radius 1 is 1.30 bits per heavy atom. The molecule has 1 aromatic rings. The average Bonchev–Trinajstić information content (AvgIpc) is 3.13. The van der Waals surface area contributed by atoms with Crippen LogP contribution in [0.4, 0.5) is 5.13 Å². The number of hydrogen-bond donors (Lipinski definition) is 2. The largest absolute Gasteiger partial charge is 0.481 e. The lowest BCUT2D eigenvalue weighted by atomic mass is 9.79. The highest BCUT2D eigenvalue weighted by atomic mass is 32.1. The quantitative estimate of drug-likeness (QED) is 0.864. The van der Waals surface area contributed by atoms with Crippen LogP contribution in [0.2, 0.25) is 0 Å². The Bertz CT molecular complexity index is 625. The Hall–Kier alpha value is -1.43. The van der Waals surface area contributed by atoms with Crippen molar-refractivity contribution in [3.8, 4) is 0 Å². The van der Waals surface area contributed by atoms with Crippen molar-refractivity contribution in [3.63, 3.8) is 0 Å². The summed E-state index contributed by atoms with van der Waals surface area (Å²) < 4.78 is 0. The predicted octanol–water partition coefficient (Wildman–Crippen LogP) is 3.34. The van der Waals surface area contributed by atoms with Gasteiger partial charge in [-0.1, -0.05) is 13.8 Å². The van der Waals surface area contributed by atoms with Crippen molar-refractivity contribution >= 4 is 28.3 Å². The maximum Gasteiger partial charge on any atom is 0.307 e. The number of carboxylic acids is 1. The lowest BCUT2D eigenvalue weighted by Gasteiger charge is -2.26. The molecule has 6 heteroatoms. The summed E-state index contributed by atoms with van der Waals surface area (Å²) in [6.07, 6.45) is 3.69. The summed E-state index contributed by atoms with van der Waals surface area (Å²) in [6.45, 7) is 6.30. The molecule has 126 valence electrons. The van der Waals surface area contributed by atoms with Gasteiger partial charge in [-0.3, -0.25) is 9.59 Å². The highest BCUT2D eigenvalue weighted by molar-refractivity contribution is 7.15. The first-order valence-corrected chi connectivity index (χ1v) is 9.18. The summed E-state index contributed by atoms with van der Waals surface area (Å²) >= 11 is 1.48. The molecular formula is C17H24N2O3S. The minimum absolute atomic E-state index is 0.158. The van der Waals surface area contributed by atoms with Crippen molar-refractivity contribution in [2.75, 3.05) is 5.32 Å². The molecule has 2 fully saturated rings. The van der Waals surface area contributed by atoms with E-state index in [1.165, 1.54) is 11.3 Å². The minimum atomic E-state index is -0.826. The second-order valence-corrected chi connectivity index (χ2v) is 8.54. The zero-order valence-electron chi connectivity index (χ0n) is 13.8. The first kappa shape index (κ1) is 16.4. The van der Waals surface area contributed by atoms with Crippen LogP contribution in [0.25, 0.3) is 0 Å². The number of anilines is 1. The molecule has 1 aromatic heterocycles. The molecule has 0 radical (unpaired) electrons. The monoisotopic (exact) mass is 336 g/mol. The standard InChI is InChI=1S/C17H24N2O3S/c1-8(2)6-12-9(3)23-17(18-12)19-15(20)13-10-4-5-11(7-10)14(13)16(21)22/h8,10-11,13-14H,4-7H2,1-3H3,(H,21,22)(H,18,19,20)/t10-,11+,13-,14+/m1/s1. The predicted molar refractivity (Wildman–Crippen MR) is 89.5 cm³/mol. The second kappa shape index (κ2) is 6.23. The maximum absolute atomic E-state index is 12.7. The molecule has 5 nitrogen and oxygen atoms in total. The molecule has 1 heterocycles. The first-order valence-electron chi connectivity index (χ1n) is 8.36. The fraction of sp³-hybridized carbons (Fsp3) is 0.706. The lowest BCUT2D eigenvalue weighted by molar-refractivity contribution is -0.148. The van der Waals surface area contributed by atoms with Crippen LogP contribution < -0.4 is 5.32 Å². The zero-order chi connectivity index (χ0) is 16.7. The van der Waals surface area contributed by atoms with Gasteiger partial charge in [-0.2, -0.15) is 0 Å². The Kier molecular flexibility index (Phi) is 4.45. The maximum atomic E-state index is 12.7. The fourth-order valence-electron chi connectivity index (χ4n) is 4.27. The van der Waals surface area contributed by atoms with Crippen LogP contribution in [0.1, 0.15) is 43.7 Å². The molecule has 2 aliphatic carbocycles. The molecule has 2 aliphatic rings. The third-order valence-electron chi connectivity index (χ3n) is 5.23. The van der Waals surface area contributed by atoms with Crippen molar-refractivity contribution in [1.29, 1.82) is 0 Å². The van der Waals surface area contributed by atoms with E-state index < -0.39 is 17.8 Å². The summed E-state index contributed by atoms with van der Waals surface area (Å²) in [7, 11) is 0. The number of carboxylic acid groups (broad SMARTS) is 1. The molecule has 1 amide bonds. The number of aliphatic carboxylic acids is 1. The Labute approximate surface area is 140 Å². The normalized spacial score (nSPS) is 29.2. The number of carbonyl (C=O) groups is 2. The molecule has 4 atom stereocenters. The van der Waals surface area contributed by atoms with Gasteiger partial charge >= 0.3 is 5.97 Å². The van der Waals surface area contributed by atoms with Crippen LogP contribution in [0.15, 0.2) is 0 Å². The molecular weight excluding hydrogens is 312 g/mol. The number of hydrogen-bond acceptors (Lipinski definition) is 4. The van der Waals surface area contributed by atoms with E-state index in [4.69, 9.17) is 0 Å². The van der Waals surface area contributed by atoms with Gasteiger partial charge in [0, 0.05) is 4.88 Å². The molecule has 2 N–H and O–H groups in total. The van der Waals surface area contributed by atoms with Gasteiger partial charge in [0.25, 0.3) is 0 Å². The van der Waals surface area contributed by atoms with Crippen LogP contribution >= 0.6 is 11.3 Å². The SMILES string of the molecule is Cc1sc(NC(=O)[C@@H]2[C@@H]3CC[C@@H](C3)[C@@H]2C(=O)O)nc1CC(C)C. The zero-order valence-corrected chi connectivity index (χ0v) is 14.7. The Morgan fingerprint density at radius 3 is 2.57 bits per heavy atom. The second-order valence-electron chi connectivity index (χ2n) is 7.33. The molecule has 0 aromatic carbocycles. The van der Waals surface area contributed by atoms with E-state index in [0.29, 0.717) is 11.0 Å². The molecule has 0 saturated heterocycles. The summed E-state index contributed by atoms with van der Waals surface area (Å²) in [5.41, 5.74) is 1.03. The molecule has 0 unspecified atom stereocenters. The van der Waals surface area contributed by atoms with E-state index in [2.05, 4.69) is 24.1 Å². The van der Waals surface area contributed by atoms with E-state index >= 15 is 0 Å². The van der Waals surface area contributed by atoms with Gasteiger partial charge in [-0.05, 0) is 50.4 Å². The van der Waals surface area contributed by atoms with E-state index in [1.54, 1.807) is 0 Å². The van der Waals surface area contributed by atoms with Crippen LogP contribution in [-0.4, -0.2) is 22.0 Å². The van der Waals surface area contributed by atoms with Crippen molar-refractivity contribution < 1.29 is 14.7 Å². The smallest absolute Gasteiger partial charge is 0.307 e. The van der Waals surface area contributed by atoms with Crippen LogP contribution in [0.5, 0.6) is 0 Å². The van der Waals surface area contributed by atoms with E-state index in [1.807, 2.05) is 6.92 Å². The highest BCUT2D eigenvalue weighted by Crippen LogP contribution is 2.52. The highest BCUT2D eigenvalue weighted by Gasteiger charge is 2.54. The van der Waals surface area contributed by atoms with Gasteiger partial charge in [0.2, 0.25) is 5.91 Å². The van der Waals surface area contributed by atoms with Crippen LogP contribution in [0.3, 0.4) is 0 Å². The van der Waals surface area contributed by atoms with Gasteiger partial charge in [0.05, 0.1) is 17.5 Å². The number of carbonyl (C=O) groups excluding carboxylic acids is 1. The number of thiazole rings is 1. The number of amides is 1. The molecule has 3 rings (SSSR count). The molecule has 2 saturated carbocycles. The number of nitrogens with one attached hydrogen (secondary N) is 1. The third-order valence-corrected chi connectivity index (χ3v) is 6.16. The van der Waals surface area contributed by atoms with Crippen LogP contribution in [0, 0.1) is 36.5 Å². The van der Waals surface area contributed by atoms with Crippen LogP contribution in [-0.2, 0) is 16.0 Å². The van der Waals surface area contributed by atoms with E-state index in [9.17, 15) is 14.7 Å². The number of aromatic nitrogens is 1. The molecule has 0 aliphatic heterocycles. The fourth-order valence-corrected chi connectivity index (χ4v) is 5.11. The molecule has 23 heavy (non-hydrogen) atoms. The Morgan fingerprint density at radius 2 is 1.96 bits per heavy atom. The van der Waals surface area contributed by atoms with Gasteiger partial charge in [0.15, 0.2) is 5.13 Å². The summed E-state index contributed by atoms with van der Waals surface area (Å²) in [4.78, 5) is 29.9. The van der Waals surface area contributed by atoms with E-state index in [-0.39, 0.29) is 17.7 Å². The van der Waals surface area contributed by atoms with Gasteiger partial charge in [0.1, 0.15) is 0 Å². The number of nitrogens with zero attached hydrogens (tertiary/aromatic N) is 1. The summed E-state index contributed by atoms with van der Waals surface area (Å²) in [6, 6.07) is 0. The van der Waals surface area contributed by atoms with Gasteiger partial charge < -0.3 is 10.4 Å². The summed E-state index contributed by atoms with van der Waals surface area (Å²) in [5.74, 6) is -1.00. The van der Waals surface area contributed by atoms with Crippen molar-refractivity contribution in [2.45, 2.75) is 46.5 Å². The van der Waals surface area contributed by atoms with Crippen molar-refractivity contribution in [1.82, 2.24) is 4.98 Å². The Balaban J connectivity index is 1.73. The summed E-state index contributed by atoms with van der Waals surface area (Å²) in [5, 5.41) is 13.0.